The molecule has 0 aromatic heterocycles. The third-order valence-corrected chi connectivity index (χ3v) is 0. The van der Waals surface area contributed by atoms with Crippen LogP contribution in [-0.4, -0.2) is 42.9 Å². The van der Waals surface area contributed by atoms with Gasteiger partial charge in [-0.2, -0.15) is 10.4 Å². The van der Waals surface area contributed by atoms with Crippen molar-refractivity contribution in [3.63, 3.8) is 0 Å². The molecule has 0 unspecified atom stereocenters. The largest absolute Gasteiger partial charge is 2.00 e. The zero-order chi connectivity index (χ0) is 8.99. The maximum Gasteiger partial charge on any atom is 2.00 e. The monoisotopic (exact) mass is 263 g/mol. The Balaban J connectivity index is -0.0000000128. The summed E-state index contributed by atoms with van der Waals surface area (Å²) in [5.74, 6) is 0. The van der Waals surface area contributed by atoms with Crippen molar-refractivity contribution in [3.8, 4) is 6.19 Å². The Bertz CT molecular complexity index is 126. The minimum atomic E-state index is -2.85. The summed E-state index contributed by atoms with van der Waals surface area (Å²) < 4.78 is 25.2. The van der Waals surface area contributed by atoms with Crippen LogP contribution < -0.4 is 55.4 Å². The standard InChI is InChI=1S/CH2N2.CNS.Ca.ClO3.H3N.Na/c2*2-1-3;;2-1(3)4;;/h2H2;;;;1H3;/q;-1;+2;-1;;+1. The van der Waals surface area contributed by atoms with Crippen molar-refractivity contribution in [2.24, 2.45) is 5.73 Å². The van der Waals surface area contributed by atoms with Crippen molar-refractivity contribution in [3.05, 3.63) is 5.41 Å². The zero-order valence-corrected chi connectivity index (χ0v) is 12.7. The fraction of sp³-hybridized carbons (Fsp3) is 0. The molecule has 0 heterocycles. The second-order valence-electron chi connectivity index (χ2n) is 0.409. The van der Waals surface area contributed by atoms with Crippen LogP contribution in [0.2, 0.25) is 0 Å². The molecule has 5 N–H and O–H groups in total. The summed E-state index contributed by atoms with van der Waals surface area (Å²) >= 11 is 3.70. The zero-order valence-electron chi connectivity index (χ0n) is 6.90. The molecule has 66 valence electrons. The van der Waals surface area contributed by atoms with Gasteiger partial charge in [0.05, 0.1) is 10.8 Å². The summed E-state index contributed by atoms with van der Waals surface area (Å²) in [6.07, 6.45) is 1.25. The first-order valence-electron chi connectivity index (χ1n) is 1.40. The number of nitriles is 1. The van der Waals surface area contributed by atoms with Crippen LogP contribution in [0.1, 0.15) is 0 Å². The fourth-order valence-electron chi connectivity index (χ4n) is 0. The molecular formula is C2H5CaClN4NaO3S+. The number of nitrogens with zero attached hydrogens (tertiary/aromatic N) is 2. The normalized spacial score (nSPS) is 3.92. The molecule has 7 nitrogen and oxygen atoms in total. The summed E-state index contributed by atoms with van der Waals surface area (Å²) in [4.78, 5) is 0. The van der Waals surface area contributed by atoms with Gasteiger partial charge in [0, 0.05) is 0 Å². The van der Waals surface area contributed by atoms with Crippen molar-refractivity contribution < 1.29 is 54.3 Å². The minimum absolute atomic E-state index is 0. The van der Waals surface area contributed by atoms with Gasteiger partial charge in [-0.05, 0) is 0 Å². The molecule has 0 saturated carbocycles. The van der Waals surface area contributed by atoms with E-state index in [1.807, 2.05) is 0 Å². The molecule has 0 aromatic rings. The van der Waals surface area contributed by atoms with Gasteiger partial charge in [-0.25, -0.2) is 0 Å². The van der Waals surface area contributed by atoms with Crippen LogP contribution in [0.3, 0.4) is 0 Å². The number of nitrogens with two attached hydrogens (primary N) is 1. The van der Waals surface area contributed by atoms with Crippen LogP contribution >= 0.6 is 12.2 Å². The third kappa shape index (κ3) is 811. The van der Waals surface area contributed by atoms with Crippen LogP contribution in [0.4, 0.5) is 0 Å². The predicted octanol–water partition coefficient (Wildman–Crippen LogP) is -6.70. The molecule has 13 heavy (non-hydrogen) atoms. The third-order valence-electron chi connectivity index (χ3n) is 0. The van der Waals surface area contributed by atoms with E-state index in [0.29, 0.717) is 0 Å². The molecule has 11 heteroatoms. The van der Waals surface area contributed by atoms with Gasteiger partial charge >= 0.3 is 67.3 Å². The SMILES string of the molecule is N.N#CN.[Ca+2].[N-]=C=S.[Na+].[O-][Cl+2]([O-])[O-]. The van der Waals surface area contributed by atoms with Gasteiger partial charge in [0.1, 0.15) is 0 Å². The molecule has 0 amide bonds. The number of isothiocyanates is 1. The van der Waals surface area contributed by atoms with Crippen LogP contribution in [0.15, 0.2) is 0 Å². The number of halogens is 1. The van der Waals surface area contributed by atoms with E-state index in [4.69, 9.17) is 24.6 Å². The fourth-order valence-corrected chi connectivity index (χ4v) is 0. The van der Waals surface area contributed by atoms with Gasteiger partial charge in [-0.1, -0.05) is 12.2 Å². The van der Waals surface area contributed by atoms with E-state index in [2.05, 4.69) is 18.0 Å². The average molecular weight is 264 g/mol. The Labute approximate surface area is 136 Å². The van der Waals surface area contributed by atoms with Crippen molar-refractivity contribution in [2.75, 3.05) is 0 Å². The molecule has 0 bridgehead atoms. The Morgan fingerprint density at radius 2 is 1.38 bits per heavy atom. The topological polar surface area (TPSA) is 176 Å². The number of hydrogen-bond donors (Lipinski definition) is 2. The summed E-state index contributed by atoms with van der Waals surface area (Å²) in [7, 11) is -2.85. The van der Waals surface area contributed by atoms with Gasteiger partial charge in [0.25, 0.3) is 0 Å². The van der Waals surface area contributed by atoms with E-state index in [1.165, 1.54) is 11.4 Å². The second-order valence-corrected chi connectivity index (χ2v) is 0.970. The van der Waals surface area contributed by atoms with Crippen molar-refractivity contribution in [1.82, 2.24) is 6.15 Å². The molecule has 0 aromatic carbocycles. The summed E-state index contributed by atoms with van der Waals surface area (Å²) in [5.41, 5.74) is 4.15. The molecule has 0 aliphatic heterocycles. The van der Waals surface area contributed by atoms with Crippen LogP contribution in [0.5, 0.6) is 0 Å². The number of thiocarbonyl (C=S) groups is 1. The van der Waals surface area contributed by atoms with Crippen LogP contribution in [-0.2, 0) is 0 Å². The van der Waals surface area contributed by atoms with Crippen molar-refractivity contribution >= 4 is 55.1 Å². The molecule has 0 aliphatic carbocycles. The molecule has 0 spiro atoms. The van der Waals surface area contributed by atoms with E-state index in [0.717, 1.165) is 0 Å². The molecule has 0 radical (unpaired) electrons. The molecule has 0 fully saturated rings. The molecule has 0 atom stereocenters. The first-order valence-corrected chi connectivity index (χ1v) is 2.74. The Hall–Kier alpha value is 1.48. The Morgan fingerprint density at radius 3 is 1.38 bits per heavy atom. The van der Waals surface area contributed by atoms with Gasteiger partial charge in [0.2, 0.25) is 0 Å². The number of rotatable bonds is 0. The van der Waals surface area contributed by atoms with Crippen LogP contribution in [0.25, 0.3) is 5.41 Å². The first kappa shape index (κ1) is 36.6. The Kier molecular flexibility index (Phi) is 141. The molecule has 0 rings (SSSR count). The van der Waals surface area contributed by atoms with Gasteiger partial charge in [0.15, 0.2) is 6.19 Å². The minimum Gasteiger partial charge on any atom is -0.753 e. The molecular weight excluding hydrogens is 259 g/mol. The van der Waals surface area contributed by atoms with Gasteiger partial charge < -0.3 is 31.3 Å². The summed E-state index contributed by atoms with van der Waals surface area (Å²) in [5, 5.41) is 15.6. The van der Waals surface area contributed by atoms with E-state index < -0.39 is 10.8 Å². The van der Waals surface area contributed by atoms with Gasteiger partial charge in [-0.3, -0.25) is 0 Å². The van der Waals surface area contributed by atoms with Crippen LogP contribution in [0, 0.1) is 22.2 Å². The molecule has 0 aliphatic rings. The first-order chi connectivity index (χ1) is 4.56. The Morgan fingerprint density at radius 1 is 1.38 bits per heavy atom. The quantitative estimate of drug-likeness (QED) is 0.143. The number of hydrogen-bond acceptors (Lipinski definition) is 7. The summed E-state index contributed by atoms with van der Waals surface area (Å²) in [6.45, 7) is 0. The average Bonchev–Trinajstić information content (AvgIpc) is 1.65. The van der Waals surface area contributed by atoms with Gasteiger partial charge in [-0.15, -0.1) is 0 Å². The van der Waals surface area contributed by atoms with Crippen molar-refractivity contribution in [2.45, 2.75) is 0 Å². The van der Waals surface area contributed by atoms with E-state index in [-0.39, 0.29) is 73.4 Å². The molecule has 0 saturated heterocycles. The van der Waals surface area contributed by atoms with E-state index in [9.17, 15) is 0 Å². The van der Waals surface area contributed by atoms with E-state index in [1.54, 1.807) is 0 Å². The predicted molar refractivity (Wildman–Crippen MR) is 36.5 cm³/mol. The maximum absolute atomic E-state index is 8.41. The van der Waals surface area contributed by atoms with E-state index >= 15 is 0 Å². The maximum atomic E-state index is 8.41. The van der Waals surface area contributed by atoms with Crippen molar-refractivity contribution in [1.29, 1.82) is 5.26 Å². The second kappa shape index (κ2) is 50.0. The summed E-state index contributed by atoms with van der Waals surface area (Å²) in [6, 6.07) is 0. The smallest absolute Gasteiger partial charge is 0.753 e.